The van der Waals surface area contributed by atoms with Gasteiger partial charge in [-0.15, -0.1) is 0 Å². The van der Waals surface area contributed by atoms with Gasteiger partial charge in [-0.2, -0.15) is 4.31 Å². The molecule has 1 amide bonds. The van der Waals surface area contributed by atoms with Gasteiger partial charge in [-0.3, -0.25) is 4.79 Å². The highest BCUT2D eigenvalue weighted by molar-refractivity contribution is 7.89. The van der Waals surface area contributed by atoms with Crippen LogP contribution in [-0.2, 0) is 21.9 Å². The fourth-order valence-electron chi connectivity index (χ4n) is 2.13. The molecule has 2 heterocycles. The second-order valence-electron chi connectivity index (χ2n) is 4.61. The number of carbonyl (C=O) groups excluding carboxylic acids is 1. The Balaban J connectivity index is 2.29. The van der Waals surface area contributed by atoms with E-state index < -0.39 is 16.1 Å². The largest absolute Gasteiger partial charge is 0.355 e. The van der Waals surface area contributed by atoms with Gasteiger partial charge in [0.05, 0.1) is 6.33 Å². The number of aromatic nitrogens is 2. The number of sulfonamides is 1. The Hall–Kier alpha value is -1.45. The fourth-order valence-corrected chi connectivity index (χ4v) is 3.69. The molecule has 0 saturated carbocycles. The van der Waals surface area contributed by atoms with Gasteiger partial charge in [-0.1, -0.05) is 0 Å². The third-order valence-electron chi connectivity index (χ3n) is 3.10. The lowest BCUT2D eigenvalue weighted by molar-refractivity contribution is -0.125. The lowest BCUT2D eigenvalue weighted by atomic mass is 10.2. The summed E-state index contributed by atoms with van der Waals surface area (Å²) in [5, 5.41) is 5.67. The van der Waals surface area contributed by atoms with E-state index in [0.717, 1.165) is 0 Å². The van der Waals surface area contributed by atoms with Crippen LogP contribution in [0.1, 0.15) is 6.92 Å². The number of hydrogen-bond donors (Lipinski definition) is 2. The molecular formula is C11H19N5O3S. The van der Waals surface area contributed by atoms with E-state index in [4.69, 9.17) is 0 Å². The number of imidazole rings is 1. The molecule has 1 fully saturated rings. The van der Waals surface area contributed by atoms with Crippen molar-refractivity contribution in [3.63, 3.8) is 0 Å². The fraction of sp³-hybridized carbons (Fsp3) is 0.636. The van der Waals surface area contributed by atoms with Gasteiger partial charge >= 0.3 is 0 Å². The molecule has 0 bridgehead atoms. The van der Waals surface area contributed by atoms with Crippen molar-refractivity contribution in [2.45, 2.75) is 18.0 Å². The average Bonchev–Trinajstić information content (AvgIpc) is 2.86. The molecule has 1 aromatic heterocycles. The van der Waals surface area contributed by atoms with Crippen molar-refractivity contribution < 1.29 is 13.2 Å². The molecule has 1 unspecified atom stereocenters. The number of rotatable bonds is 4. The van der Waals surface area contributed by atoms with Crippen LogP contribution < -0.4 is 10.6 Å². The zero-order valence-electron chi connectivity index (χ0n) is 11.5. The molecule has 1 aliphatic rings. The van der Waals surface area contributed by atoms with Crippen LogP contribution in [0.3, 0.4) is 0 Å². The first-order valence-electron chi connectivity index (χ1n) is 6.45. The average molecular weight is 301 g/mol. The lowest BCUT2D eigenvalue weighted by Gasteiger charge is -2.33. The quantitative estimate of drug-likeness (QED) is 0.707. The van der Waals surface area contributed by atoms with Crippen LogP contribution >= 0.6 is 0 Å². The van der Waals surface area contributed by atoms with Gasteiger partial charge in [0.15, 0.2) is 5.03 Å². The summed E-state index contributed by atoms with van der Waals surface area (Å²) in [7, 11) is -2.05. The van der Waals surface area contributed by atoms with Gasteiger partial charge in [0.1, 0.15) is 6.04 Å². The van der Waals surface area contributed by atoms with E-state index in [0.29, 0.717) is 19.6 Å². The van der Waals surface area contributed by atoms with Crippen molar-refractivity contribution in [3.05, 3.63) is 12.5 Å². The highest BCUT2D eigenvalue weighted by atomic mass is 32.2. The molecule has 1 saturated heterocycles. The predicted molar refractivity (Wildman–Crippen MR) is 72.4 cm³/mol. The van der Waals surface area contributed by atoms with E-state index in [2.05, 4.69) is 15.6 Å². The Morgan fingerprint density at radius 2 is 2.35 bits per heavy atom. The Bertz CT molecular complexity index is 583. The summed E-state index contributed by atoms with van der Waals surface area (Å²) >= 11 is 0. The molecule has 0 radical (unpaired) electrons. The molecule has 112 valence electrons. The topological polar surface area (TPSA) is 96.3 Å². The summed E-state index contributed by atoms with van der Waals surface area (Å²) in [6, 6.07) is -0.740. The highest BCUT2D eigenvalue weighted by Crippen LogP contribution is 2.17. The molecule has 0 aliphatic carbocycles. The van der Waals surface area contributed by atoms with E-state index in [1.807, 2.05) is 0 Å². The zero-order chi connectivity index (χ0) is 14.8. The monoisotopic (exact) mass is 301 g/mol. The maximum atomic E-state index is 12.6. The zero-order valence-corrected chi connectivity index (χ0v) is 12.4. The number of likely N-dealkylation sites (N-methyl/N-ethyl adjacent to an activating group) is 1. The molecule has 2 rings (SSSR count). The van der Waals surface area contributed by atoms with Crippen LogP contribution in [0.2, 0.25) is 0 Å². The minimum absolute atomic E-state index is 0.0313. The molecule has 8 nitrogen and oxygen atoms in total. The SMILES string of the molecule is CCNC(=O)C1CNCCN1S(=O)(=O)c1cn(C)cn1. The molecule has 0 spiro atoms. The molecule has 20 heavy (non-hydrogen) atoms. The number of amides is 1. The van der Waals surface area contributed by atoms with Crippen LogP contribution in [0, 0.1) is 0 Å². The minimum Gasteiger partial charge on any atom is -0.355 e. The Kier molecular flexibility index (Phi) is 4.41. The second kappa shape index (κ2) is 5.90. The summed E-state index contributed by atoms with van der Waals surface area (Å²) < 4.78 is 27.9. The van der Waals surface area contributed by atoms with Gasteiger partial charge in [-0.05, 0) is 6.92 Å². The normalized spacial score (nSPS) is 20.8. The summed E-state index contributed by atoms with van der Waals surface area (Å²) in [6.45, 7) is 3.33. The van der Waals surface area contributed by atoms with Gasteiger partial charge in [-0.25, -0.2) is 13.4 Å². The maximum absolute atomic E-state index is 12.6. The van der Waals surface area contributed by atoms with E-state index >= 15 is 0 Å². The molecule has 1 aromatic rings. The van der Waals surface area contributed by atoms with Gasteiger partial charge in [0, 0.05) is 39.4 Å². The molecule has 1 aliphatic heterocycles. The van der Waals surface area contributed by atoms with Crippen molar-refractivity contribution in [3.8, 4) is 0 Å². The molecular weight excluding hydrogens is 282 g/mol. The summed E-state index contributed by atoms with van der Waals surface area (Å²) in [4.78, 5) is 15.9. The van der Waals surface area contributed by atoms with E-state index in [1.54, 1.807) is 18.5 Å². The number of nitrogens with zero attached hydrogens (tertiary/aromatic N) is 3. The van der Waals surface area contributed by atoms with Gasteiger partial charge in [0.2, 0.25) is 5.91 Å². The van der Waals surface area contributed by atoms with Crippen molar-refractivity contribution >= 4 is 15.9 Å². The second-order valence-corrected chi connectivity index (χ2v) is 6.45. The number of nitrogens with one attached hydrogen (secondary N) is 2. The van der Waals surface area contributed by atoms with Crippen LogP contribution in [0.5, 0.6) is 0 Å². The van der Waals surface area contributed by atoms with Crippen LogP contribution in [0.4, 0.5) is 0 Å². The smallest absolute Gasteiger partial charge is 0.262 e. The summed E-state index contributed by atoms with van der Waals surface area (Å²) in [6.07, 6.45) is 2.86. The van der Waals surface area contributed by atoms with Crippen molar-refractivity contribution in [1.29, 1.82) is 0 Å². The number of hydrogen-bond acceptors (Lipinski definition) is 5. The Labute approximate surface area is 118 Å². The minimum atomic E-state index is -3.75. The summed E-state index contributed by atoms with van der Waals surface area (Å²) in [5.74, 6) is -0.292. The van der Waals surface area contributed by atoms with E-state index in [1.165, 1.54) is 16.8 Å². The van der Waals surface area contributed by atoms with Crippen LogP contribution in [0.15, 0.2) is 17.6 Å². The standard InChI is InChI=1S/C11H19N5O3S/c1-3-13-11(17)9-6-12-4-5-16(9)20(18,19)10-7-15(2)8-14-10/h7-9,12H,3-6H2,1-2H3,(H,13,17). The third-order valence-corrected chi connectivity index (χ3v) is 4.90. The van der Waals surface area contributed by atoms with Crippen molar-refractivity contribution in [2.75, 3.05) is 26.2 Å². The predicted octanol–water partition coefficient (Wildman–Crippen LogP) is -1.48. The number of aryl methyl sites for hydroxylation is 1. The van der Waals surface area contributed by atoms with Gasteiger partial charge < -0.3 is 15.2 Å². The summed E-state index contributed by atoms with van der Waals surface area (Å²) in [5.41, 5.74) is 0. The molecule has 0 aromatic carbocycles. The third kappa shape index (κ3) is 2.84. The van der Waals surface area contributed by atoms with E-state index in [-0.39, 0.29) is 17.5 Å². The molecule has 1 atom stereocenters. The highest BCUT2D eigenvalue weighted by Gasteiger charge is 2.38. The number of carbonyl (C=O) groups is 1. The first kappa shape index (κ1) is 14.9. The van der Waals surface area contributed by atoms with E-state index in [9.17, 15) is 13.2 Å². The number of piperazine rings is 1. The van der Waals surface area contributed by atoms with Gasteiger partial charge in [0.25, 0.3) is 10.0 Å². The molecule has 9 heteroatoms. The van der Waals surface area contributed by atoms with Crippen LogP contribution in [-0.4, -0.2) is 60.4 Å². The maximum Gasteiger partial charge on any atom is 0.262 e. The first-order valence-corrected chi connectivity index (χ1v) is 7.89. The van der Waals surface area contributed by atoms with Crippen molar-refractivity contribution in [1.82, 2.24) is 24.5 Å². The lowest BCUT2D eigenvalue weighted by Crippen LogP contribution is -2.59. The van der Waals surface area contributed by atoms with Crippen molar-refractivity contribution in [2.24, 2.45) is 7.05 Å². The first-order chi connectivity index (χ1) is 9.46. The Morgan fingerprint density at radius 3 is 2.95 bits per heavy atom. The molecule has 2 N–H and O–H groups in total. The Morgan fingerprint density at radius 1 is 1.60 bits per heavy atom. The van der Waals surface area contributed by atoms with Crippen LogP contribution in [0.25, 0.3) is 0 Å².